The Bertz CT molecular complexity index is 726. The van der Waals surface area contributed by atoms with Gasteiger partial charge in [-0.15, -0.1) is 5.10 Å². The van der Waals surface area contributed by atoms with E-state index in [1.165, 1.54) is 18.2 Å². The minimum Gasteiger partial charge on any atom is -0.476 e. The highest BCUT2D eigenvalue weighted by atomic mass is 35.5. The van der Waals surface area contributed by atoms with Crippen molar-refractivity contribution in [3.63, 3.8) is 0 Å². The van der Waals surface area contributed by atoms with Gasteiger partial charge in [-0.05, 0) is 12.0 Å². The first-order valence-corrected chi connectivity index (χ1v) is 6.34. The largest absolute Gasteiger partial charge is 0.476 e. The molecule has 1 N–H and O–H groups in total. The van der Waals surface area contributed by atoms with Crippen LogP contribution in [0.4, 0.5) is 5.69 Å². The Kier molecular flexibility index (Phi) is 3.90. The molecule has 1 aromatic heterocycles. The highest BCUT2D eigenvalue weighted by Crippen LogP contribution is 2.32. The molecule has 0 saturated carbocycles. The lowest BCUT2D eigenvalue weighted by Gasteiger charge is -2.11. The summed E-state index contributed by atoms with van der Waals surface area (Å²) in [5.41, 5.74) is -0.267. The van der Waals surface area contributed by atoms with Gasteiger partial charge in [-0.1, -0.05) is 36.7 Å². The average Bonchev–Trinajstić information content (AvgIpc) is 2.82. The van der Waals surface area contributed by atoms with E-state index in [9.17, 15) is 14.9 Å². The molecule has 0 amide bonds. The molecular weight excluding hydrogens is 300 g/mol. The molecule has 0 atom stereocenters. The molecule has 0 radical (unpaired) electrons. The van der Waals surface area contributed by atoms with Gasteiger partial charge >= 0.3 is 5.97 Å². The van der Waals surface area contributed by atoms with E-state index in [0.717, 1.165) is 4.68 Å². The van der Waals surface area contributed by atoms with Crippen LogP contribution >= 0.6 is 11.6 Å². The van der Waals surface area contributed by atoms with Crippen LogP contribution < -0.4 is 0 Å². The van der Waals surface area contributed by atoms with E-state index in [-0.39, 0.29) is 33.7 Å². The van der Waals surface area contributed by atoms with Gasteiger partial charge in [0.05, 0.1) is 15.6 Å². The van der Waals surface area contributed by atoms with Crippen molar-refractivity contribution in [1.29, 1.82) is 0 Å². The van der Waals surface area contributed by atoms with Gasteiger partial charge in [0.2, 0.25) is 0 Å². The lowest BCUT2D eigenvalue weighted by molar-refractivity contribution is -0.384. The van der Waals surface area contributed by atoms with Crippen LogP contribution in [0.2, 0.25) is 5.02 Å². The van der Waals surface area contributed by atoms with Crippen molar-refractivity contribution in [2.24, 2.45) is 0 Å². The summed E-state index contributed by atoms with van der Waals surface area (Å²) < 4.78 is 1.12. The molecule has 8 nitrogen and oxygen atoms in total. The zero-order valence-electron chi connectivity index (χ0n) is 11.1. The van der Waals surface area contributed by atoms with Gasteiger partial charge in [-0.3, -0.25) is 10.1 Å². The standard InChI is InChI=1S/C12H11ClN4O4/c1-6(2)10-9(12(18)19)14-15-16(10)11-7(13)4-3-5-8(11)17(20)21/h3-6H,1-2H3,(H,18,19). The van der Waals surface area contributed by atoms with Crippen LogP contribution in [-0.2, 0) is 0 Å². The molecular formula is C12H11ClN4O4. The van der Waals surface area contributed by atoms with Crippen LogP contribution in [0.25, 0.3) is 5.69 Å². The fourth-order valence-electron chi connectivity index (χ4n) is 1.99. The Morgan fingerprint density at radius 1 is 1.48 bits per heavy atom. The van der Waals surface area contributed by atoms with Gasteiger partial charge in [-0.2, -0.15) is 0 Å². The molecule has 0 fully saturated rings. The summed E-state index contributed by atoms with van der Waals surface area (Å²) >= 11 is 6.03. The summed E-state index contributed by atoms with van der Waals surface area (Å²) in [6, 6.07) is 4.18. The third-order valence-electron chi connectivity index (χ3n) is 2.83. The first-order valence-electron chi connectivity index (χ1n) is 5.96. The molecule has 2 aromatic rings. The predicted octanol–water partition coefficient (Wildman–Crippen LogP) is 2.65. The predicted molar refractivity (Wildman–Crippen MR) is 74.1 cm³/mol. The van der Waals surface area contributed by atoms with Crippen molar-refractivity contribution in [3.8, 4) is 5.69 Å². The van der Waals surface area contributed by atoms with Crippen LogP contribution in [0.3, 0.4) is 0 Å². The van der Waals surface area contributed by atoms with Crippen LogP contribution in [0.5, 0.6) is 0 Å². The van der Waals surface area contributed by atoms with Gasteiger partial charge in [0.25, 0.3) is 5.69 Å². The summed E-state index contributed by atoms with van der Waals surface area (Å²) in [5, 5.41) is 27.7. The number of nitro benzene ring substituents is 1. The number of nitro groups is 1. The topological polar surface area (TPSA) is 111 Å². The number of hydrogen-bond donors (Lipinski definition) is 1. The SMILES string of the molecule is CC(C)c1c(C(=O)O)nnn1-c1c(Cl)cccc1[N+](=O)[O-]. The second kappa shape index (κ2) is 5.49. The normalized spacial score (nSPS) is 10.9. The molecule has 0 aliphatic carbocycles. The van der Waals surface area contributed by atoms with Crippen molar-refractivity contribution in [1.82, 2.24) is 15.0 Å². The molecule has 0 aliphatic rings. The number of halogens is 1. The van der Waals surface area contributed by atoms with Crippen LogP contribution in [0.15, 0.2) is 18.2 Å². The van der Waals surface area contributed by atoms with Gasteiger partial charge in [0, 0.05) is 6.07 Å². The smallest absolute Gasteiger partial charge is 0.358 e. The summed E-state index contributed by atoms with van der Waals surface area (Å²) in [5.74, 6) is -1.51. The number of carbonyl (C=O) groups is 1. The number of carboxylic acid groups (broad SMARTS) is 1. The van der Waals surface area contributed by atoms with Gasteiger partial charge in [0.1, 0.15) is 0 Å². The van der Waals surface area contributed by atoms with Crippen molar-refractivity contribution in [2.75, 3.05) is 0 Å². The number of hydrogen-bond acceptors (Lipinski definition) is 5. The molecule has 0 unspecified atom stereocenters. The second-order valence-corrected chi connectivity index (χ2v) is 4.97. The summed E-state index contributed by atoms with van der Waals surface area (Å²) in [4.78, 5) is 21.7. The highest BCUT2D eigenvalue weighted by Gasteiger charge is 2.27. The lowest BCUT2D eigenvalue weighted by atomic mass is 10.1. The number of carboxylic acids is 1. The maximum Gasteiger partial charge on any atom is 0.358 e. The fourth-order valence-corrected chi connectivity index (χ4v) is 2.24. The van der Waals surface area contributed by atoms with Crippen LogP contribution in [0, 0.1) is 10.1 Å². The van der Waals surface area contributed by atoms with Crippen molar-refractivity contribution in [2.45, 2.75) is 19.8 Å². The first-order chi connectivity index (χ1) is 9.84. The Morgan fingerprint density at radius 3 is 2.67 bits per heavy atom. The minimum absolute atomic E-state index is 0.00728. The third kappa shape index (κ3) is 2.57. The third-order valence-corrected chi connectivity index (χ3v) is 3.13. The molecule has 21 heavy (non-hydrogen) atoms. The van der Waals surface area contributed by atoms with Crippen molar-refractivity contribution < 1.29 is 14.8 Å². The maximum atomic E-state index is 11.2. The monoisotopic (exact) mass is 310 g/mol. The molecule has 0 saturated heterocycles. The Labute approximate surface area is 124 Å². The number of benzene rings is 1. The highest BCUT2D eigenvalue weighted by molar-refractivity contribution is 6.32. The summed E-state index contributed by atoms with van der Waals surface area (Å²) in [7, 11) is 0. The summed E-state index contributed by atoms with van der Waals surface area (Å²) in [6.45, 7) is 3.48. The minimum atomic E-state index is -1.25. The van der Waals surface area contributed by atoms with Gasteiger partial charge in [0.15, 0.2) is 11.4 Å². The molecule has 1 heterocycles. The zero-order chi connectivity index (χ0) is 15.7. The van der Waals surface area contributed by atoms with E-state index < -0.39 is 10.9 Å². The Balaban J connectivity index is 2.80. The van der Waals surface area contributed by atoms with E-state index in [0.29, 0.717) is 0 Å². The molecule has 0 bridgehead atoms. The van der Waals surface area contributed by atoms with Crippen LogP contribution in [0.1, 0.15) is 35.9 Å². The van der Waals surface area contributed by atoms with E-state index in [2.05, 4.69) is 10.3 Å². The number of aromatic nitrogens is 3. The molecule has 0 aliphatic heterocycles. The van der Waals surface area contributed by atoms with Gasteiger partial charge in [-0.25, -0.2) is 9.48 Å². The lowest BCUT2D eigenvalue weighted by Crippen LogP contribution is -2.10. The van der Waals surface area contributed by atoms with E-state index in [1.807, 2.05) is 0 Å². The second-order valence-electron chi connectivity index (χ2n) is 4.56. The van der Waals surface area contributed by atoms with E-state index in [4.69, 9.17) is 16.7 Å². The number of rotatable bonds is 4. The van der Waals surface area contributed by atoms with Crippen molar-refractivity contribution in [3.05, 3.63) is 44.7 Å². The summed E-state index contributed by atoms with van der Waals surface area (Å²) in [6.07, 6.45) is 0. The molecule has 0 spiro atoms. The zero-order valence-corrected chi connectivity index (χ0v) is 11.9. The van der Waals surface area contributed by atoms with E-state index >= 15 is 0 Å². The number of nitrogens with zero attached hydrogens (tertiary/aromatic N) is 4. The van der Waals surface area contributed by atoms with Crippen LogP contribution in [-0.4, -0.2) is 31.0 Å². The first kappa shape index (κ1) is 14.9. The van der Waals surface area contributed by atoms with Crippen molar-refractivity contribution >= 4 is 23.3 Å². The maximum absolute atomic E-state index is 11.2. The Hall–Kier alpha value is -2.48. The van der Waals surface area contributed by atoms with Gasteiger partial charge < -0.3 is 5.11 Å². The number of aromatic carboxylic acids is 1. The quantitative estimate of drug-likeness (QED) is 0.686. The molecule has 1 aromatic carbocycles. The average molecular weight is 311 g/mol. The van der Waals surface area contributed by atoms with E-state index in [1.54, 1.807) is 13.8 Å². The number of para-hydroxylation sites is 1. The molecule has 9 heteroatoms. The Morgan fingerprint density at radius 2 is 2.14 bits per heavy atom. The molecule has 2 rings (SSSR count). The fraction of sp³-hybridized carbons (Fsp3) is 0.250. The molecule has 110 valence electrons.